The van der Waals surface area contributed by atoms with Crippen LogP contribution in [0.5, 0.6) is 0 Å². The predicted octanol–water partition coefficient (Wildman–Crippen LogP) is 1.69. The highest BCUT2D eigenvalue weighted by Gasteiger charge is 2.46. The number of epoxide rings is 1. The lowest BCUT2D eigenvalue weighted by atomic mass is 10.5. The van der Waals surface area contributed by atoms with Gasteiger partial charge in [-0.2, -0.15) is 0 Å². The molecule has 3 unspecified atom stereocenters. The SMILES string of the molecule is CO[Si](C)(CC[Si]1(C)O[SiH](C)O[Si](C)(CCOCC2CO2)O[SiH](C)O1)OC. The molecule has 2 saturated heterocycles. The molecule has 0 aromatic heterocycles. The summed E-state index contributed by atoms with van der Waals surface area (Å²) in [6.45, 7) is 12.5. The lowest BCUT2D eigenvalue weighted by Crippen LogP contribution is -2.58. The van der Waals surface area contributed by atoms with E-state index >= 15 is 0 Å². The normalized spacial score (nSPS) is 37.7. The number of hydrogen-bond donors (Lipinski definition) is 0. The molecule has 8 nitrogen and oxygen atoms in total. The van der Waals surface area contributed by atoms with Gasteiger partial charge >= 0.3 is 44.3 Å². The van der Waals surface area contributed by atoms with E-state index in [0.717, 1.165) is 24.7 Å². The highest BCUT2D eigenvalue weighted by atomic mass is 28.5. The van der Waals surface area contributed by atoms with E-state index in [1.807, 2.05) is 0 Å². The molecule has 2 rings (SSSR count). The van der Waals surface area contributed by atoms with Gasteiger partial charge in [-0.1, -0.05) is 0 Å². The molecule has 27 heavy (non-hydrogen) atoms. The van der Waals surface area contributed by atoms with Gasteiger partial charge in [0.15, 0.2) is 0 Å². The third-order valence-electron chi connectivity index (χ3n) is 4.96. The number of ether oxygens (including phenoxy) is 2. The van der Waals surface area contributed by atoms with E-state index in [9.17, 15) is 0 Å². The van der Waals surface area contributed by atoms with Crippen LogP contribution in [0.25, 0.3) is 0 Å². The molecule has 0 spiro atoms. The molecule has 13 heteroatoms. The Labute approximate surface area is 170 Å². The van der Waals surface area contributed by atoms with Gasteiger partial charge in [-0.15, -0.1) is 0 Å². The molecule has 3 atom stereocenters. The lowest BCUT2D eigenvalue weighted by molar-refractivity contribution is 0.122. The largest absolute Gasteiger partial charge is 0.418 e. The Morgan fingerprint density at radius 1 is 0.963 bits per heavy atom. The van der Waals surface area contributed by atoms with Gasteiger partial charge in [0.1, 0.15) is 6.10 Å². The van der Waals surface area contributed by atoms with Gasteiger partial charge < -0.3 is 34.8 Å². The third-order valence-corrected chi connectivity index (χ3v) is 23.9. The second-order valence-corrected chi connectivity index (χ2v) is 22.9. The zero-order valence-electron chi connectivity index (χ0n) is 17.7. The summed E-state index contributed by atoms with van der Waals surface area (Å²) >= 11 is 0. The van der Waals surface area contributed by atoms with Crippen LogP contribution in [0.4, 0.5) is 0 Å². The number of rotatable bonds is 10. The Morgan fingerprint density at radius 2 is 1.44 bits per heavy atom. The van der Waals surface area contributed by atoms with Crippen LogP contribution < -0.4 is 0 Å². The summed E-state index contributed by atoms with van der Waals surface area (Å²) in [7, 11) is -7.15. The minimum absolute atomic E-state index is 0.284. The van der Waals surface area contributed by atoms with E-state index in [-0.39, 0.29) is 6.10 Å². The molecule has 0 amide bonds. The van der Waals surface area contributed by atoms with Crippen molar-refractivity contribution in [2.24, 2.45) is 0 Å². The first-order valence-corrected chi connectivity index (χ1v) is 21.4. The monoisotopic (exact) mass is 472 g/mol. The van der Waals surface area contributed by atoms with E-state index in [1.54, 1.807) is 14.2 Å². The Kier molecular flexibility index (Phi) is 9.07. The van der Waals surface area contributed by atoms with Crippen LogP contribution in [-0.4, -0.2) is 84.4 Å². The molecular formula is C14H36O8Si5. The average molecular weight is 473 g/mol. The summed E-state index contributed by atoms with van der Waals surface area (Å²) in [6, 6.07) is 2.47. The summed E-state index contributed by atoms with van der Waals surface area (Å²) in [5.74, 6) is 0. The van der Waals surface area contributed by atoms with Gasteiger partial charge in [0, 0.05) is 26.9 Å². The van der Waals surface area contributed by atoms with Gasteiger partial charge in [0.25, 0.3) is 0 Å². The van der Waals surface area contributed by atoms with E-state index in [4.69, 9.17) is 34.8 Å². The minimum Gasteiger partial charge on any atom is -0.418 e. The second-order valence-electron chi connectivity index (χ2n) is 7.70. The van der Waals surface area contributed by atoms with Gasteiger partial charge in [0.2, 0.25) is 0 Å². The van der Waals surface area contributed by atoms with Gasteiger partial charge in [-0.05, 0) is 44.8 Å². The lowest BCUT2D eigenvalue weighted by Gasteiger charge is -2.42. The molecule has 160 valence electrons. The first-order valence-electron chi connectivity index (χ1n) is 9.62. The first-order chi connectivity index (χ1) is 12.6. The third kappa shape index (κ3) is 8.19. The smallest absolute Gasteiger partial charge is 0.334 e. The van der Waals surface area contributed by atoms with Gasteiger partial charge in [-0.25, -0.2) is 0 Å². The average Bonchev–Trinajstić information content (AvgIpc) is 3.39. The molecule has 2 aliphatic rings. The highest BCUT2D eigenvalue weighted by molar-refractivity contribution is 6.85. The Balaban J connectivity index is 1.89. The van der Waals surface area contributed by atoms with Crippen LogP contribution in [-0.2, 0) is 34.8 Å². The maximum absolute atomic E-state index is 6.46. The Morgan fingerprint density at radius 3 is 1.89 bits per heavy atom. The molecule has 0 aromatic rings. The van der Waals surface area contributed by atoms with Crippen molar-refractivity contribution in [1.82, 2.24) is 0 Å². The van der Waals surface area contributed by atoms with Gasteiger partial charge in [-0.3, -0.25) is 0 Å². The maximum Gasteiger partial charge on any atom is 0.334 e. The van der Waals surface area contributed by atoms with Crippen LogP contribution in [0.1, 0.15) is 0 Å². The van der Waals surface area contributed by atoms with Crippen molar-refractivity contribution in [3.8, 4) is 0 Å². The predicted molar refractivity (Wildman–Crippen MR) is 114 cm³/mol. The van der Waals surface area contributed by atoms with Crippen LogP contribution in [0.3, 0.4) is 0 Å². The fourth-order valence-electron chi connectivity index (χ4n) is 3.12. The highest BCUT2D eigenvalue weighted by Crippen LogP contribution is 2.29. The van der Waals surface area contributed by atoms with Gasteiger partial charge in [0.05, 0.1) is 13.2 Å². The Hall–Kier alpha value is 0.764. The summed E-state index contributed by atoms with van der Waals surface area (Å²) in [4.78, 5) is 0. The molecule has 0 N–H and O–H groups in total. The van der Waals surface area contributed by atoms with Crippen molar-refractivity contribution in [3.63, 3.8) is 0 Å². The van der Waals surface area contributed by atoms with Crippen molar-refractivity contribution in [2.75, 3.05) is 34.0 Å². The zero-order chi connectivity index (χ0) is 20.1. The van der Waals surface area contributed by atoms with E-state index in [0.29, 0.717) is 13.2 Å². The van der Waals surface area contributed by atoms with Crippen molar-refractivity contribution in [1.29, 1.82) is 0 Å². The molecule has 0 saturated carbocycles. The fraction of sp³-hybridized carbons (Fsp3) is 1.00. The second kappa shape index (κ2) is 10.2. The van der Waals surface area contributed by atoms with Crippen molar-refractivity contribution in [3.05, 3.63) is 0 Å². The molecule has 0 bridgehead atoms. The van der Waals surface area contributed by atoms with Crippen molar-refractivity contribution < 1.29 is 34.8 Å². The summed E-state index contributed by atoms with van der Waals surface area (Å²) in [5, 5.41) is 0. The quantitative estimate of drug-likeness (QED) is 0.270. The summed E-state index contributed by atoms with van der Waals surface area (Å²) in [6.07, 6.45) is 0.284. The molecule has 0 aliphatic carbocycles. The molecule has 0 radical (unpaired) electrons. The zero-order valence-corrected chi connectivity index (χ0v) is 23.1. The van der Waals surface area contributed by atoms with E-state index in [2.05, 4.69) is 32.7 Å². The van der Waals surface area contributed by atoms with Crippen LogP contribution in [0.15, 0.2) is 0 Å². The molecule has 2 aliphatic heterocycles. The van der Waals surface area contributed by atoms with Crippen LogP contribution in [0, 0.1) is 0 Å². The Bertz CT molecular complexity index is 451. The molecule has 0 aromatic carbocycles. The topological polar surface area (TPSA) is 77.1 Å². The maximum atomic E-state index is 6.46. The van der Waals surface area contributed by atoms with E-state index in [1.165, 1.54) is 0 Å². The summed E-state index contributed by atoms with van der Waals surface area (Å²) < 4.78 is 47.8. The summed E-state index contributed by atoms with van der Waals surface area (Å²) in [5.41, 5.74) is 0. The fourth-order valence-corrected chi connectivity index (χ4v) is 23.7. The standard InChI is InChI=1S/C14H36O8Si5/c1-15-25(5,16-2)10-11-27(7)21-23(3)19-26(6,20-24(4)22-27)9-8-17-12-14-13-18-14/h14,23-24H,8-13H2,1-7H3. The molecule has 2 fully saturated rings. The van der Waals surface area contributed by atoms with Crippen molar-refractivity contribution in [2.45, 2.75) is 57.0 Å². The molecule has 2 heterocycles. The van der Waals surface area contributed by atoms with Crippen molar-refractivity contribution >= 4 is 44.3 Å². The molecular weight excluding hydrogens is 437 g/mol. The van der Waals surface area contributed by atoms with Crippen LogP contribution >= 0.6 is 0 Å². The first kappa shape index (κ1) is 24.0. The van der Waals surface area contributed by atoms with Crippen LogP contribution in [0.2, 0.25) is 50.9 Å². The van der Waals surface area contributed by atoms with E-state index < -0.39 is 44.3 Å². The number of hydrogen-bond acceptors (Lipinski definition) is 8. The minimum atomic E-state index is -2.37.